The minimum absolute atomic E-state index is 0.110. The lowest BCUT2D eigenvalue weighted by atomic mass is 10.1. The number of piperazine rings is 1. The molecule has 2 heterocycles. The van der Waals surface area contributed by atoms with Crippen LogP contribution in [0.25, 0.3) is 0 Å². The zero-order valence-corrected chi connectivity index (χ0v) is 18.3. The van der Waals surface area contributed by atoms with Crippen LogP contribution >= 0.6 is 0 Å². The molecule has 0 saturated carbocycles. The van der Waals surface area contributed by atoms with Crippen molar-refractivity contribution < 1.29 is 23.5 Å². The monoisotopic (exact) mass is 444 g/mol. The highest BCUT2D eigenvalue weighted by Gasteiger charge is 2.33. The Bertz CT molecular complexity index is 892. The van der Waals surface area contributed by atoms with E-state index in [4.69, 9.17) is 11.2 Å². The maximum absolute atomic E-state index is 14.9. The van der Waals surface area contributed by atoms with Gasteiger partial charge in [0.25, 0.3) is 0 Å². The molecule has 8 nitrogen and oxygen atoms in total. The molecule has 3 amide bonds. The van der Waals surface area contributed by atoms with Crippen LogP contribution < -0.4 is 15.1 Å². The number of nitrogens with one attached hydrogen (secondary N) is 1. The summed E-state index contributed by atoms with van der Waals surface area (Å²) in [5, 5.41) is 2.61. The first-order valence-electron chi connectivity index (χ1n) is 10.9. The minimum Gasteiger partial charge on any atom is -0.442 e. The number of carbonyl (C=O) groups excluding carboxylic acids is 3. The third-order valence-corrected chi connectivity index (χ3v) is 5.63. The molecule has 1 N–H and O–H groups in total. The number of anilines is 2. The van der Waals surface area contributed by atoms with Gasteiger partial charge in [-0.2, -0.15) is 0 Å². The van der Waals surface area contributed by atoms with Crippen LogP contribution in [-0.2, 0) is 14.3 Å². The Morgan fingerprint density at radius 2 is 2.00 bits per heavy atom. The summed E-state index contributed by atoms with van der Waals surface area (Å²) in [6, 6.07) is 4.65. The van der Waals surface area contributed by atoms with E-state index in [0.29, 0.717) is 50.4 Å². The zero-order valence-electron chi connectivity index (χ0n) is 18.3. The summed E-state index contributed by atoms with van der Waals surface area (Å²) >= 11 is 0. The first-order valence-corrected chi connectivity index (χ1v) is 10.9. The largest absolute Gasteiger partial charge is 0.442 e. The van der Waals surface area contributed by atoms with Crippen molar-refractivity contribution in [1.82, 2.24) is 10.2 Å². The van der Waals surface area contributed by atoms with Gasteiger partial charge >= 0.3 is 6.09 Å². The van der Waals surface area contributed by atoms with E-state index < -0.39 is 18.0 Å². The third-order valence-electron chi connectivity index (χ3n) is 5.63. The van der Waals surface area contributed by atoms with Gasteiger partial charge in [-0.3, -0.25) is 14.5 Å². The summed E-state index contributed by atoms with van der Waals surface area (Å²) in [7, 11) is 0. The van der Waals surface area contributed by atoms with Crippen molar-refractivity contribution in [2.75, 3.05) is 49.1 Å². The third kappa shape index (κ3) is 5.90. The fraction of sp³-hybridized carbons (Fsp3) is 0.522. The van der Waals surface area contributed by atoms with Gasteiger partial charge in [0.05, 0.1) is 24.5 Å². The maximum atomic E-state index is 14.9. The molecule has 0 aromatic heterocycles. The highest BCUT2D eigenvalue weighted by molar-refractivity contribution is 5.90. The summed E-state index contributed by atoms with van der Waals surface area (Å²) < 4.78 is 20.1. The zero-order chi connectivity index (χ0) is 23.1. The van der Waals surface area contributed by atoms with Gasteiger partial charge in [-0.05, 0) is 31.0 Å². The van der Waals surface area contributed by atoms with Crippen molar-refractivity contribution >= 4 is 29.3 Å². The second-order valence-electron chi connectivity index (χ2n) is 7.97. The van der Waals surface area contributed by atoms with E-state index in [-0.39, 0.29) is 24.9 Å². The van der Waals surface area contributed by atoms with Crippen LogP contribution in [0.3, 0.4) is 0 Å². The topological polar surface area (TPSA) is 82.2 Å². The van der Waals surface area contributed by atoms with Crippen molar-refractivity contribution in [3.63, 3.8) is 0 Å². The summed E-state index contributed by atoms with van der Waals surface area (Å²) in [6.07, 6.45) is 6.98. The smallest absolute Gasteiger partial charge is 0.414 e. The Morgan fingerprint density at radius 3 is 2.66 bits per heavy atom. The lowest BCUT2D eigenvalue weighted by Gasteiger charge is -2.36. The van der Waals surface area contributed by atoms with Crippen LogP contribution in [0.15, 0.2) is 18.2 Å². The lowest BCUT2D eigenvalue weighted by Crippen LogP contribution is -2.49. The average Bonchev–Trinajstić information content (AvgIpc) is 3.16. The van der Waals surface area contributed by atoms with Crippen LogP contribution in [0.2, 0.25) is 0 Å². The van der Waals surface area contributed by atoms with Gasteiger partial charge in [-0.15, -0.1) is 12.3 Å². The summed E-state index contributed by atoms with van der Waals surface area (Å²) in [6.45, 7) is 4.00. The molecule has 32 heavy (non-hydrogen) atoms. The molecular formula is C23H29FN4O4. The van der Waals surface area contributed by atoms with Crippen LogP contribution in [0.4, 0.5) is 20.6 Å². The van der Waals surface area contributed by atoms with Gasteiger partial charge in [0.2, 0.25) is 11.8 Å². The Balaban J connectivity index is 1.54. The number of halogens is 1. The molecule has 2 aliphatic rings. The standard InChI is InChI=1S/C23H29FN4O4/c1-3-4-5-6-7-22(30)27-12-10-26(11-13-27)21-9-8-18(14-20(21)24)28-16-19(32-23(28)31)15-25-17(2)29/h1,8-9,14,19H,4-7,10-13,15-16H2,2H3,(H,25,29). The van der Waals surface area contributed by atoms with Crippen LogP contribution in [0.1, 0.15) is 32.6 Å². The second-order valence-corrected chi connectivity index (χ2v) is 7.97. The summed E-state index contributed by atoms with van der Waals surface area (Å²) in [5.41, 5.74) is 0.847. The summed E-state index contributed by atoms with van der Waals surface area (Å²) in [5.74, 6) is 2.04. The molecule has 2 aliphatic heterocycles. The molecule has 1 atom stereocenters. The molecule has 1 aromatic carbocycles. The Kier molecular flexibility index (Phi) is 7.92. The molecule has 2 fully saturated rings. The van der Waals surface area contributed by atoms with Crippen molar-refractivity contribution in [3.8, 4) is 12.3 Å². The van der Waals surface area contributed by atoms with E-state index in [9.17, 15) is 18.8 Å². The van der Waals surface area contributed by atoms with Crippen LogP contribution in [-0.4, -0.2) is 68.2 Å². The summed E-state index contributed by atoms with van der Waals surface area (Å²) in [4.78, 5) is 40.6. The van der Waals surface area contributed by atoms with Crippen molar-refractivity contribution in [1.29, 1.82) is 0 Å². The molecule has 2 saturated heterocycles. The number of benzene rings is 1. The van der Waals surface area contributed by atoms with Gasteiger partial charge in [-0.1, -0.05) is 0 Å². The van der Waals surface area contributed by atoms with E-state index in [1.165, 1.54) is 17.9 Å². The minimum atomic E-state index is -0.568. The number of cyclic esters (lactones) is 1. The van der Waals surface area contributed by atoms with E-state index in [1.807, 2.05) is 9.80 Å². The average molecular weight is 445 g/mol. The van der Waals surface area contributed by atoms with E-state index in [2.05, 4.69) is 11.2 Å². The van der Waals surface area contributed by atoms with Crippen LogP contribution in [0, 0.1) is 18.2 Å². The second kappa shape index (κ2) is 10.8. The predicted octanol–water partition coefficient (Wildman–Crippen LogP) is 2.13. The van der Waals surface area contributed by atoms with Gasteiger partial charge in [-0.25, -0.2) is 9.18 Å². The van der Waals surface area contributed by atoms with Gasteiger partial charge < -0.3 is 19.9 Å². The van der Waals surface area contributed by atoms with Crippen molar-refractivity contribution in [2.24, 2.45) is 0 Å². The molecule has 1 aromatic rings. The molecule has 0 spiro atoms. The van der Waals surface area contributed by atoms with E-state index in [1.54, 1.807) is 12.1 Å². The number of hydrogen-bond acceptors (Lipinski definition) is 5. The molecule has 0 bridgehead atoms. The number of unbranched alkanes of at least 4 members (excludes halogenated alkanes) is 2. The lowest BCUT2D eigenvalue weighted by molar-refractivity contribution is -0.131. The number of terminal acetylenes is 1. The predicted molar refractivity (Wildman–Crippen MR) is 119 cm³/mol. The van der Waals surface area contributed by atoms with Crippen LogP contribution in [0.5, 0.6) is 0 Å². The molecule has 1 unspecified atom stereocenters. The Morgan fingerprint density at radius 1 is 1.25 bits per heavy atom. The number of rotatable bonds is 8. The SMILES string of the molecule is C#CCCCCC(=O)N1CCN(c2ccc(N3CC(CNC(C)=O)OC3=O)cc2F)CC1. The normalized spacial score (nSPS) is 18.3. The molecule has 0 radical (unpaired) electrons. The number of hydrogen-bond donors (Lipinski definition) is 1. The molecule has 9 heteroatoms. The quantitative estimate of drug-likeness (QED) is 0.491. The van der Waals surface area contributed by atoms with Crippen molar-refractivity contribution in [3.05, 3.63) is 24.0 Å². The Hall–Kier alpha value is -3.28. The Labute approximate surface area is 187 Å². The molecule has 3 rings (SSSR count). The molecule has 0 aliphatic carbocycles. The maximum Gasteiger partial charge on any atom is 0.414 e. The fourth-order valence-electron chi connectivity index (χ4n) is 3.87. The van der Waals surface area contributed by atoms with Crippen molar-refractivity contribution in [2.45, 2.75) is 38.7 Å². The highest BCUT2D eigenvalue weighted by Crippen LogP contribution is 2.28. The number of amides is 3. The van der Waals surface area contributed by atoms with Gasteiger partial charge in [0.15, 0.2) is 0 Å². The number of nitrogens with zero attached hydrogens (tertiary/aromatic N) is 3. The van der Waals surface area contributed by atoms with E-state index in [0.717, 1.165) is 12.8 Å². The first-order chi connectivity index (χ1) is 15.4. The number of ether oxygens (including phenoxy) is 1. The highest BCUT2D eigenvalue weighted by atomic mass is 19.1. The molecular weight excluding hydrogens is 415 g/mol. The number of carbonyl (C=O) groups is 3. The van der Waals surface area contributed by atoms with Gasteiger partial charge in [0, 0.05) is 45.9 Å². The molecule has 172 valence electrons. The first kappa shape index (κ1) is 23.4. The van der Waals surface area contributed by atoms with Gasteiger partial charge in [0.1, 0.15) is 11.9 Å². The fourth-order valence-corrected chi connectivity index (χ4v) is 3.87. The van der Waals surface area contributed by atoms with E-state index >= 15 is 0 Å².